The third kappa shape index (κ3) is 5.21. The van der Waals surface area contributed by atoms with Gasteiger partial charge in [0.2, 0.25) is 11.8 Å². The van der Waals surface area contributed by atoms with Gasteiger partial charge in [-0.15, -0.1) is 0 Å². The summed E-state index contributed by atoms with van der Waals surface area (Å²) in [5.74, 6) is -4.56. The number of Topliss-reactive ketones (excluding diaryl/α,β-unsaturated/α-hetero) is 1. The van der Waals surface area contributed by atoms with E-state index in [1.54, 1.807) is 61.5 Å². The van der Waals surface area contributed by atoms with Crippen LogP contribution in [0.5, 0.6) is 5.75 Å². The first-order valence-corrected chi connectivity index (χ1v) is 18.7. The van der Waals surface area contributed by atoms with Crippen molar-refractivity contribution in [2.45, 2.75) is 31.1 Å². The van der Waals surface area contributed by atoms with Crippen LogP contribution in [0.2, 0.25) is 0 Å². The molecule has 1 saturated heterocycles. The number of rotatable bonds is 6. The first-order valence-electron chi connectivity index (χ1n) is 18.7. The Morgan fingerprint density at radius 2 is 1.36 bits per heavy atom. The van der Waals surface area contributed by atoms with Crippen molar-refractivity contribution in [2.24, 2.45) is 23.7 Å². The molecule has 1 aliphatic heterocycles. The number of aryl methyl sites for hydroxylation is 1. The molecule has 55 heavy (non-hydrogen) atoms. The van der Waals surface area contributed by atoms with Crippen LogP contribution in [0.25, 0.3) is 5.57 Å². The Labute approximate surface area is 318 Å². The van der Waals surface area contributed by atoms with E-state index in [-0.39, 0.29) is 41.3 Å². The maximum atomic E-state index is 15.2. The molecule has 2 amide bonds. The van der Waals surface area contributed by atoms with Crippen LogP contribution < -0.4 is 4.90 Å². The molecule has 7 heteroatoms. The van der Waals surface area contributed by atoms with Crippen LogP contribution >= 0.6 is 0 Å². The summed E-state index contributed by atoms with van der Waals surface area (Å²) < 4.78 is 0. The van der Waals surface area contributed by atoms with Crippen LogP contribution in [-0.2, 0) is 24.6 Å². The third-order valence-corrected chi connectivity index (χ3v) is 12.4. The van der Waals surface area contributed by atoms with Gasteiger partial charge in [0.1, 0.15) is 5.75 Å². The van der Waals surface area contributed by atoms with Crippen LogP contribution in [0.4, 0.5) is 5.69 Å². The number of carbonyl (C=O) groups excluding carboxylic acids is 5. The summed E-state index contributed by atoms with van der Waals surface area (Å²) in [6.07, 6.45) is 4.02. The summed E-state index contributed by atoms with van der Waals surface area (Å²) >= 11 is 0. The molecule has 0 aromatic heterocycles. The van der Waals surface area contributed by atoms with Gasteiger partial charge >= 0.3 is 0 Å². The van der Waals surface area contributed by atoms with Crippen LogP contribution in [0.3, 0.4) is 0 Å². The van der Waals surface area contributed by atoms with Crippen molar-refractivity contribution in [1.82, 2.24) is 0 Å². The van der Waals surface area contributed by atoms with E-state index >= 15 is 9.59 Å². The predicted octanol–water partition coefficient (Wildman–Crippen LogP) is 7.96. The zero-order valence-corrected chi connectivity index (χ0v) is 30.1. The predicted molar refractivity (Wildman–Crippen MR) is 208 cm³/mol. The summed E-state index contributed by atoms with van der Waals surface area (Å²) in [6, 6.07) is 39.4. The fourth-order valence-corrected chi connectivity index (χ4v) is 9.88. The van der Waals surface area contributed by atoms with Gasteiger partial charge in [0.05, 0.1) is 22.9 Å². The van der Waals surface area contributed by atoms with Crippen LogP contribution in [0.1, 0.15) is 56.9 Å². The number of phenols is 1. The molecular formula is C48H37NO6. The van der Waals surface area contributed by atoms with Crippen LogP contribution in [-0.4, -0.2) is 34.3 Å². The second kappa shape index (κ2) is 13.1. The zero-order chi connectivity index (χ0) is 38.0. The molecule has 3 aliphatic carbocycles. The average molecular weight is 724 g/mol. The highest BCUT2D eigenvalue weighted by Crippen LogP contribution is 2.64. The summed E-state index contributed by atoms with van der Waals surface area (Å²) in [5, 5.41) is 10.6. The molecular weight excluding hydrogens is 687 g/mol. The number of allylic oxidation sites excluding steroid dienone is 4. The minimum absolute atomic E-state index is 0.111. The number of amides is 2. The van der Waals surface area contributed by atoms with Crippen molar-refractivity contribution in [3.8, 4) is 5.75 Å². The fraction of sp³-hybridized carbons (Fsp3) is 0.188. The Morgan fingerprint density at radius 1 is 0.727 bits per heavy atom. The Bertz CT molecular complexity index is 2470. The minimum atomic E-state index is -1.35. The minimum Gasteiger partial charge on any atom is -0.508 e. The van der Waals surface area contributed by atoms with E-state index in [9.17, 15) is 19.5 Å². The van der Waals surface area contributed by atoms with Gasteiger partial charge in [-0.2, -0.15) is 0 Å². The number of hydrogen-bond acceptors (Lipinski definition) is 6. The monoisotopic (exact) mass is 723 g/mol. The molecule has 1 N–H and O–H groups in total. The summed E-state index contributed by atoms with van der Waals surface area (Å²) in [7, 11) is 0. The second-order valence-corrected chi connectivity index (χ2v) is 15.1. The van der Waals surface area contributed by atoms with Crippen molar-refractivity contribution >= 4 is 40.4 Å². The van der Waals surface area contributed by atoms with Crippen LogP contribution in [0.15, 0.2) is 151 Å². The number of imide groups is 1. The molecule has 2 fully saturated rings. The standard InChI is InChI=1S/C48H37NO6/c1-28-25-32(19-24-40(28)50)43-35-22-23-36-42(47(55)49(46(36)54)34-20-17-31(18-21-34)44(52)30-13-7-3-8-14-30)38(35)26-39-45(53)37(29-11-5-2-6-12-29)27-41(51)48(39,43)33-15-9-4-10-16-33/h2-22,24-25,27,36,38-39,42-43,50H,23,26H2,1H3/t36-,38+,39-,42-,43-,48-/m0/s1. The van der Waals surface area contributed by atoms with Gasteiger partial charge in [0.15, 0.2) is 17.3 Å². The molecule has 270 valence electrons. The number of nitrogens with zero attached hydrogens (tertiary/aromatic N) is 1. The molecule has 0 unspecified atom stereocenters. The van der Waals surface area contributed by atoms with Crippen molar-refractivity contribution < 1.29 is 29.1 Å². The van der Waals surface area contributed by atoms with Gasteiger partial charge in [0.25, 0.3) is 0 Å². The first-order chi connectivity index (χ1) is 26.7. The molecule has 0 radical (unpaired) electrons. The van der Waals surface area contributed by atoms with E-state index in [0.717, 1.165) is 11.1 Å². The highest BCUT2D eigenvalue weighted by molar-refractivity contribution is 6.32. The number of aromatic hydroxyl groups is 1. The smallest absolute Gasteiger partial charge is 0.238 e. The maximum Gasteiger partial charge on any atom is 0.238 e. The molecule has 6 atom stereocenters. The van der Waals surface area contributed by atoms with Crippen molar-refractivity contribution in [3.05, 3.63) is 185 Å². The van der Waals surface area contributed by atoms with Gasteiger partial charge in [-0.05, 0) is 84.3 Å². The first kappa shape index (κ1) is 34.3. The average Bonchev–Trinajstić information content (AvgIpc) is 3.48. The number of phenolic OH excluding ortho intramolecular Hbond substituents is 1. The van der Waals surface area contributed by atoms with Gasteiger partial charge in [0, 0.05) is 28.5 Å². The van der Waals surface area contributed by atoms with Crippen molar-refractivity contribution in [3.63, 3.8) is 0 Å². The summed E-state index contributed by atoms with van der Waals surface area (Å²) in [5.41, 5.74) is 3.94. The summed E-state index contributed by atoms with van der Waals surface area (Å²) in [6.45, 7) is 1.80. The maximum absolute atomic E-state index is 15.2. The quantitative estimate of drug-likeness (QED) is 0.108. The number of carbonyl (C=O) groups is 5. The number of fused-ring (bicyclic) bond motifs is 4. The number of ketones is 3. The van der Waals surface area contributed by atoms with Crippen LogP contribution in [0, 0.1) is 30.6 Å². The fourth-order valence-electron chi connectivity index (χ4n) is 9.88. The van der Waals surface area contributed by atoms with E-state index in [0.29, 0.717) is 45.5 Å². The Hall–Kier alpha value is -6.47. The van der Waals surface area contributed by atoms with E-state index in [2.05, 4.69) is 0 Å². The Morgan fingerprint density at radius 3 is 2.04 bits per heavy atom. The molecule has 0 bridgehead atoms. The van der Waals surface area contributed by atoms with Gasteiger partial charge < -0.3 is 5.11 Å². The Kier molecular flexibility index (Phi) is 8.19. The molecule has 1 heterocycles. The molecule has 4 aliphatic rings. The molecule has 9 rings (SSSR count). The number of hydrogen-bond donors (Lipinski definition) is 1. The molecule has 5 aromatic rings. The van der Waals surface area contributed by atoms with E-state index in [4.69, 9.17) is 0 Å². The lowest BCUT2D eigenvalue weighted by Gasteiger charge is -2.55. The molecule has 7 nitrogen and oxygen atoms in total. The number of benzene rings is 5. The van der Waals surface area contributed by atoms with E-state index in [1.807, 2.05) is 84.9 Å². The van der Waals surface area contributed by atoms with Crippen molar-refractivity contribution in [1.29, 1.82) is 0 Å². The third-order valence-electron chi connectivity index (χ3n) is 12.4. The Balaban J connectivity index is 1.17. The molecule has 5 aromatic carbocycles. The normalized spacial score (nSPS) is 25.8. The molecule has 1 saturated carbocycles. The van der Waals surface area contributed by atoms with E-state index in [1.165, 1.54) is 11.0 Å². The largest absolute Gasteiger partial charge is 0.508 e. The highest BCUT2D eigenvalue weighted by Gasteiger charge is 2.66. The van der Waals surface area contributed by atoms with Gasteiger partial charge in [-0.3, -0.25) is 28.9 Å². The lowest BCUT2D eigenvalue weighted by atomic mass is 9.44. The molecule has 0 spiro atoms. The lowest BCUT2D eigenvalue weighted by molar-refractivity contribution is -0.135. The summed E-state index contributed by atoms with van der Waals surface area (Å²) in [4.78, 5) is 73.7. The number of anilines is 1. The SMILES string of the molecule is Cc1cc([C@H]2C3=CC[C@@H]4C(=O)N(c5ccc(C(=O)c6ccccc6)cc5)C(=O)[C@@H]4[C@@H]3C[C@H]3C(=O)C(c4ccccc4)=CC(=O)[C@@]23c2ccccc2)ccc1O. The second-order valence-electron chi connectivity index (χ2n) is 15.1. The van der Waals surface area contributed by atoms with Gasteiger partial charge in [-0.25, -0.2) is 0 Å². The van der Waals surface area contributed by atoms with Gasteiger partial charge in [-0.1, -0.05) is 115 Å². The van der Waals surface area contributed by atoms with Crippen molar-refractivity contribution in [2.75, 3.05) is 4.90 Å². The highest BCUT2D eigenvalue weighted by atomic mass is 16.3. The topological polar surface area (TPSA) is 109 Å². The zero-order valence-electron chi connectivity index (χ0n) is 30.1. The van der Waals surface area contributed by atoms with E-state index < -0.39 is 35.0 Å². The lowest BCUT2D eigenvalue weighted by Crippen LogP contribution is -2.58.